The molecule has 1 N–H and O–H groups in total. The molecular weight excluding hydrogens is 132 g/mol. The van der Waals surface area contributed by atoms with Gasteiger partial charge in [0.25, 0.3) is 0 Å². The summed E-state index contributed by atoms with van der Waals surface area (Å²) in [6, 6.07) is 0. The molecule has 0 radical (unpaired) electrons. The Hall–Kier alpha value is -0.670. The molecule has 0 aromatic heterocycles. The third-order valence-electron chi connectivity index (χ3n) is 1.68. The Bertz CT molecular complexity index is 176. The van der Waals surface area contributed by atoms with Gasteiger partial charge in [-0.15, -0.1) is 0 Å². The van der Waals surface area contributed by atoms with Crippen LogP contribution in [0, 0.1) is 0 Å². The van der Waals surface area contributed by atoms with Gasteiger partial charge in [-0.2, -0.15) is 0 Å². The van der Waals surface area contributed by atoms with Crippen LogP contribution in [0.1, 0.15) is 13.3 Å². The number of aliphatic hydroxyl groups is 1. The number of carbonyl (C=O) groups excluding carboxylic acids is 1. The predicted molar refractivity (Wildman–Crippen MR) is 35.3 cm³/mol. The average Bonchev–Trinajstić information content (AvgIpc) is 2.09. The second-order valence-corrected chi connectivity index (χ2v) is 2.51. The van der Waals surface area contributed by atoms with Crippen LogP contribution >= 0.6 is 0 Å². The van der Waals surface area contributed by atoms with Crippen LogP contribution in [0.25, 0.3) is 0 Å². The molecule has 1 heterocycles. The lowest BCUT2D eigenvalue weighted by Crippen LogP contribution is -2.28. The number of Topliss-reactive ketones (excluding diaryl/α,β-unsaturated/α-hetero) is 1. The standard InChI is InChI=1S/C7H10O3/c1-3-7(2)5(8)4-6(9)10-7/h3,6,9H,1,4H2,2H3. The van der Waals surface area contributed by atoms with Crippen molar-refractivity contribution in [3.05, 3.63) is 12.7 Å². The van der Waals surface area contributed by atoms with E-state index in [4.69, 9.17) is 9.84 Å². The number of hydrogen-bond acceptors (Lipinski definition) is 3. The summed E-state index contributed by atoms with van der Waals surface area (Å²) in [5, 5.41) is 8.88. The normalized spacial score (nSPS) is 40.2. The van der Waals surface area contributed by atoms with Crippen LogP contribution in [0.3, 0.4) is 0 Å². The summed E-state index contributed by atoms with van der Waals surface area (Å²) >= 11 is 0. The van der Waals surface area contributed by atoms with Crippen molar-refractivity contribution in [1.82, 2.24) is 0 Å². The van der Waals surface area contributed by atoms with Crippen LogP contribution < -0.4 is 0 Å². The molecule has 1 aliphatic rings. The smallest absolute Gasteiger partial charge is 0.173 e. The van der Waals surface area contributed by atoms with Gasteiger partial charge in [0.2, 0.25) is 0 Å². The highest BCUT2D eigenvalue weighted by Gasteiger charge is 2.40. The lowest BCUT2D eigenvalue weighted by molar-refractivity contribution is -0.135. The number of hydrogen-bond donors (Lipinski definition) is 1. The molecule has 1 saturated heterocycles. The molecule has 3 nitrogen and oxygen atoms in total. The fourth-order valence-corrected chi connectivity index (χ4v) is 0.913. The number of rotatable bonds is 1. The number of carbonyl (C=O) groups is 1. The highest BCUT2D eigenvalue weighted by atomic mass is 16.6. The van der Waals surface area contributed by atoms with Crippen LogP contribution in [0.15, 0.2) is 12.7 Å². The van der Waals surface area contributed by atoms with Crippen molar-refractivity contribution >= 4 is 5.78 Å². The Balaban J connectivity index is 2.80. The third-order valence-corrected chi connectivity index (χ3v) is 1.68. The topological polar surface area (TPSA) is 46.5 Å². The van der Waals surface area contributed by atoms with Crippen LogP contribution in [-0.4, -0.2) is 22.8 Å². The van der Waals surface area contributed by atoms with Crippen molar-refractivity contribution in [1.29, 1.82) is 0 Å². The van der Waals surface area contributed by atoms with Crippen molar-refractivity contribution in [2.45, 2.75) is 25.2 Å². The molecule has 0 spiro atoms. The van der Waals surface area contributed by atoms with Crippen LogP contribution in [0.2, 0.25) is 0 Å². The fourth-order valence-electron chi connectivity index (χ4n) is 0.913. The van der Waals surface area contributed by atoms with E-state index in [1.165, 1.54) is 6.08 Å². The Labute approximate surface area is 59.3 Å². The third kappa shape index (κ3) is 0.978. The van der Waals surface area contributed by atoms with Gasteiger partial charge in [0.1, 0.15) is 5.60 Å². The first kappa shape index (κ1) is 7.44. The van der Waals surface area contributed by atoms with E-state index in [1.807, 2.05) is 0 Å². The number of ketones is 1. The van der Waals surface area contributed by atoms with Crippen molar-refractivity contribution in [3.63, 3.8) is 0 Å². The van der Waals surface area contributed by atoms with E-state index in [1.54, 1.807) is 6.92 Å². The molecule has 0 aromatic carbocycles. The van der Waals surface area contributed by atoms with Crippen LogP contribution in [0.5, 0.6) is 0 Å². The van der Waals surface area contributed by atoms with Crippen molar-refractivity contribution < 1.29 is 14.6 Å². The lowest BCUT2D eigenvalue weighted by Gasteiger charge is -2.15. The molecule has 56 valence electrons. The molecule has 0 amide bonds. The maximum atomic E-state index is 11.0. The summed E-state index contributed by atoms with van der Waals surface area (Å²) in [5.41, 5.74) is -0.959. The molecule has 0 aromatic rings. The molecule has 2 unspecified atom stereocenters. The van der Waals surface area contributed by atoms with Gasteiger partial charge < -0.3 is 9.84 Å². The summed E-state index contributed by atoms with van der Waals surface area (Å²) in [7, 11) is 0. The maximum Gasteiger partial charge on any atom is 0.173 e. The molecule has 2 atom stereocenters. The van der Waals surface area contributed by atoms with Gasteiger partial charge in [0.15, 0.2) is 12.1 Å². The number of ether oxygens (including phenoxy) is 1. The molecule has 1 rings (SSSR count). The summed E-state index contributed by atoms with van der Waals surface area (Å²) in [6.45, 7) is 5.04. The maximum absolute atomic E-state index is 11.0. The van der Waals surface area contributed by atoms with Crippen molar-refractivity contribution in [2.24, 2.45) is 0 Å². The highest BCUT2D eigenvalue weighted by molar-refractivity contribution is 5.90. The SMILES string of the molecule is C=CC1(C)OC(O)CC1=O. The van der Waals surface area contributed by atoms with Gasteiger partial charge in [-0.05, 0) is 6.92 Å². The van der Waals surface area contributed by atoms with E-state index in [0.29, 0.717) is 0 Å². The summed E-state index contributed by atoms with van der Waals surface area (Å²) in [6.07, 6.45) is 0.532. The van der Waals surface area contributed by atoms with Gasteiger partial charge in [-0.1, -0.05) is 12.7 Å². The molecule has 0 saturated carbocycles. The monoisotopic (exact) mass is 142 g/mol. The van der Waals surface area contributed by atoms with Gasteiger partial charge in [0, 0.05) is 0 Å². The van der Waals surface area contributed by atoms with E-state index in [2.05, 4.69) is 6.58 Å². The first-order valence-corrected chi connectivity index (χ1v) is 3.11. The van der Waals surface area contributed by atoms with E-state index >= 15 is 0 Å². The van der Waals surface area contributed by atoms with E-state index < -0.39 is 11.9 Å². The Morgan fingerprint density at radius 2 is 2.60 bits per heavy atom. The quantitative estimate of drug-likeness (QED) is 0.533. The second kappa shape index (κ2) is 2.18. The Kier molecular flexibility index (Phi) is 1.62. The zero-order chi connectivity index (χ0) is 7.78. The molecular formula is C7H10O3. The predicted octanol–water partition coefficient (Wildman–Crippen LogP) is 0.239. The summed E-state index contributed by atoms with van der Waals surface area (Å²) in [4.78, 5) is 11.0. The van der Waals surface area contributed by atoms with Gasteiger partial charge in [0.05, 0.1) is 6.42 Å². The average molecular weight is 142 g/mol. The zero-order valence-electron chi connectivity index (χ0n) is 5.83. The van der Waals surface area contributed by atoms with E-state index in [0.717, 1.165) is 0 Å². The minimum Gasteiger partial charge on any atom is -0.367 e. The Morgan fingerprint density at radius 3 is 2.80 bits per heavy atom. The first-order valence-electron chi connectivity index (χ1n) is 3.11. The molecule has 1 fully saturated rings. The fraction of sp³-hybridized carbons (Fsp3) is 0.571. The first-order chi connectivity index (χ1) is 4.58. The molecule has 3 heteroatoms. The number of aliphatic hydroxyl groups excluding tert-OH is 1. The second-order valence-electron chi connectivity index (χ2n) is 2.51. The molecule has 0 aliphatic carbocycles. The van der Waals surface area contributed by atoms with E-state index in [9.17, 15) is 4.79 Å². The zero-order valence-corrected chi connectivity index (χ0v) is 5.83. The summed E-state index contributed by atoms with van der Waals surface area (Å²) in [5.74, 6) is -0.116. The van der Waals surface area contributed by atoms with Crippen molar-refractivity contribution in [2.75, 3.05) is 0 Å². The minimum absolute atomic E-state index is 0.0719. The van der Waals surface area contributed by atoms with E-state index in [-0.39, 0.29) is 12.2 Å². The molecule has 0 bridgehead atoms. The van der Waals surface area contributed by atoms with Gasteiger partial charge >= 0.3 is 0 Å². The molecule has 10 heavy (non-hydrogen) atoms. The van der Waals surface area contributed by atoms with Crippen molar-refractivity contribution in [3.8, 4) is 0 Å². The van der Waals surface area contributed by atoms with Gasteiger partial charge in [-0.25, -0.2) is 0 Å². The lowest BCUT2D eigenvalue weighted by atomic mass is 10.0. The minimum atomic E-state index is -0.959. The highest BCUT2D eigenvalue weighted by Crippen LogP contribution is 2.25. The largest absolute Gasteiger partial charge is 0.367 e. The summed E-state index contributed by atoms with van der Waals surface area (Å²) < 4.78 is 4.90. The van der Waals surface area contributed by atoms with Crippen LogP contribution in [-0.2, 0) is 9.53 Å². The molecule has 1 aliphatic heterocycles. The van der Waals surface area contributed by atoms with Gasteiger partial charge in [-0.3, -0.25) is 4.79 Å². The van der Waals surface area contributed by atoms with Crippen LogP contribution in [0.4, 0.5) is 0 Å². The Morgan fingerprint density at radius 1 is 2.00 bits per heavy atom.